The summed E-state index contributed by atoms with van der Waals surface area (Å²) < 4.78 is 0. The summed E-state index contributed by atoms with van der Waals surface area (Å²) in [7, 11) is 0. The van der Waals surface area contributed by atoms with Gasteiger partial charge in [-0.05, 0) is 49.2 Å². The van der Waals surface area contributed by atoms with Crippen LogP contribution < -0.4 is 15.5 Å². The predicted octanol–water partition coefficient (Wildman–Crippen LogP) is 4.80. The number of nitrogens with zero attached hydrogens (tertiary/aromatic N) is 1. The third kappa shape index (κ3) is 4.29. The van der Waals surface area contributed by atoms with Crippen LogP contribution in [0.5, 0.6) is 0 Å². The van der Waals surface area contributed by atoms with Gasteiger partial charge in [-0.25, -0.2) is 0 Å². The highest BCUT2D eigenvalue weighted by atomic mass is 35.5. The standard InChI is InChI=1S/C19H19Cl2N3O2/c1-12(25)22-18-10-13(4-7-16(18)20)23-19(26)15-6-5-14(11-17(15)21)24-8-2-3-9-24/h4-7,10-11H,2-3,8-9H2,1H3,(H,22,25)(H,23,26). The minimum Gasteiger partial charge on any atom is -0.371 e. The molecule has 7 heteroatoms. The molecule has 2 amide bonds. The van der Waals surface area contributed by atoms with Crippen LogP contribution in [0.25, 0.3) is 0 Å². The third-order valence-corrected chi connectivity index (χ3v) is 4.85. The Hall–Kier alpha value is -2.24. The lowest BCUT2D eigenvalue weighted by Crippen LogP contribution is -2.18. The Morgan fingerprint density at radius 1 is 0.962 bits per heavy atom. The SMILES string of the molecule is CC(=O)Nc1cc(NC(=O)c2ccc(N3CCCC3)cc2Cl)ccc1Cl. The van der Waals surface area contributed by atoms with Crippen LogP contribution in [0, 0.1) is 0 Å². The Balaban J connectivity index is 1.76. The van der Waals surface area contributed by atoms with Crippen LogP contribution in [0.1, 0.15) is 30.1 Å². The second-order valence-corrected chi connectivity index (χ2v) is 7.00. The molecule has 1 aliphatic rings. The van der Waals surface area contributed by atoms with Crippen LogP contribution in [0.3, 0.4) is 0 Å². The molecule has 0 spiro atoms. The Labute approximate surface area is 162 Å². The van der Waals surface area contributed by atoms with Crippen LogP contribution in [0.2, 0.25) is 10.0 Å². The van der Waals surface area contributed by atoms with Gasteiger partial charge in [0, 0.05) is 31.4 Å². The average Bonchev–Trinajstić information content (AvgIpc) is 3.12. The quantitative estimate of drug-likeness (QED) is 0.786. The predicted molar refractivity (Wildman–Crippen MR) is 107 cm³/mol. The average molecular weight is 392 g/mol. The highest BCUT2D eigenvalue weighted by molar-refractivity contribution is 6.35. The first kappa shape index (κ1) is 18.5. The summed E-state index contributed by atoms with van der Waals surface area (Å²) in [5, 5.41) is 6.20. The maximum atomic E-state index is 12.6. The number of halogens is 2. The van der Waals surface area contributed by atoms with Gasteiger partial charge >= 0.3 is 0 Å². The number of rotatable bonds is 4. The van der Waals surface area contributed by atoms with Crippen molar-refractivity contribution in [1.82, 2.24) is 0 Å². The highest BCUT2D eigenvalue weighted by Gasteiger charge is 2.16. The number of amides is 2. The number of carbonyl (C=O) groups is 2. The highest BCUT2D eigenvalue weighted by Crippen LogP contribution is 2.29. The molecular weight excluding hydrogens is 373 g/mol. The third-order valence-electron chi connectivity index (χ3n) is 4.20. The van der Waals surface area contributed by atoms with E-state index in [9.17, 15) is 9.59 Å². The van der Waals surface area contributed by atoms with Crippen molar-refractivity contribution in [3.8, 4) is 0 Å². The molecule has 0 aliphatic carbocycles. The lowest BCUT2D eigenvalue weighted by molar-refractivity contribution is -0.114. The molecule has 2 N–H and O–H groups in total. The molecule has 136 valence electrons. The van der Waals surface area contributed by atoms with E-state index in [-0.39, 0.29) is 11.8 Å². The molecule has 1 saturated heterocycles. The minimum atomic E-state index is -0.320. The molecule has 1 aliphatic heterocycles. The van der Waals surface area contributed by atoms with Crippen molar-refractivity contribution in [1.29, 1.82) is 0 Å². The van der Waals surface area contributed by atoms with Crippen molar-refractivity contribution in [2.75, 3.05) is 28.6 Å². The molecule has 5 nitrogen and oxygen atoms in total. The normalized spacial score (nSPS) is 13.6. The van der Waals surface area contributed by atoms with Gasteiger partial charge in [0.05, 0.1) is 21.3 Å². The first-order valence-electron chi connectivity index (χ1n) is 8.37. The van der Waals surface area contributed by atoms with Crippen LogP contribution >= 0.6 is 23.2 Å². The van der Waals surface area contributed by atoms with E-state index in [1.807, 2.05) is 12.1 Å². The number of benzene rings is 2. The molecular formula is C19H19Cl2N3O2. The van der Waals surface area contributed by atoms with Gasteiger partial charge in [-0.15, -0.1) is 0 Å². The first-order chi connectivity index (χ1) is 12.4. The van der Waals surface area contributed by atoms with Crippen LogP contribution in [0.4, 0.5) is 17.1 Å². The van der Waals surface area contributed by atoms with Crippen LogP contribution in [0.15, 0.2) is 36.4 Å². The zero-order valence-electron chi connectivity index (χ0n) is 14.3. The molecule has 0 bridgehead atoms. The maximum absolute atomic E-state index is 12.6. The fraction of sp³-hybridized carbons (Fsp3) is 0.263. The van der Waals surface area contributed by atoms with Crippen molar-refractivity contribution in [3.05, 3.63) is 52.0 Å². The minimum absolute atomic E-state index is 0.240. The molecule has 26 heavy (non-hydrogen) atoms. The van der Waals surface area contributed by atoms with E-state index >= 15 is 0 Å². The summed E-state index contributed by atoms with van der Waals surface area (Å²) in [4.78, 5) is 26.0. The Morgan fingerprint density at radius 3 is 2.35 bits per heavy atom. The Morgan fingerprint density at radius 2 is 1.69 bits per heavy atom. The Kier molecular flexibility index (Phi) is 5.69. The van der Waals surface area contributed by atoms with Crippen LogP contribution in [-0.4, -0.2) is 24.9 Å². The van der Waals surface area contributed by atoms with E-state index in [2.05, 4.69) is 15.5 Å². The van der Waals surface area contributed by atoms with E-state index < -0.39 is 0 Å². The van der Waals surface area contributed by atoms with Gasteiger partial charge < -0.3 is 15.5 Å². The maximum Gasteiger partial charge on any atom is 0.257 e. The second-order valence-electron chi connectivity index (χ2n) is 6.19. The monoisotopic (exact) mass is 391 g/mol. The summed E-state index contributed by atoms with van der Waals surface area (Å²) in [6, 6.07) is 10.4. The summed E-state index contributed by atoms with van der Waals surface area (Å²) >= 11 is 12.4. The van der Waals surface area contributed by atoms with Gasteiger partial charge in [0.15, 0.2) is 0 Å². The second kappa shape index (κ2) is 7.98. The zero-order valence-corrected chi connectivity index (χ0v) is 15.8. The summed E-state index contributed by atoms with van der Waals surface area (Å²) in [5.74, 6) is -0.560. The van der Waals surface area contributed by atoms with E-state index in [1.54, 1.807) is 24.3 Å². The zero-order chi connectivity index (χ0) is 18.7. The molecule has 1 heterocycles. The molecule has 0 unspecified atom stereocenters. The van der Waals surface area contributed by atoms with Crippen LogP contribution in [-0.2, 0) is 4.79 Å². The van der Waals surface area contributed by atoms with E-state index in [4.69, 9.17) is 23.2 Å². The number of hydrogen-bond donors (Lipinski definition) is 2. The van der Waals surface area contributed by atoms with Gasteiger partial charge in [0.2, 0.25) is 5.91 Å². The van der Waals surface area contributed by atoms with Gasteiger partial charge in [0.1, 0.15) is 0 Å². The topological polar surface area (TPSA) is 61.4 Å². The summed E-state index contributed by atoms with van der Waals surface area (Å²) in [6.45, 7) is 3.42. The smallest absolute Gasteiger partial charge is 0.257 e. The van der Waals surface area contributed by atoms with Crippen molar-refractivity contribution >= 4 is 52.1 Å². The number of nitrogens with one attached hydrogen (secondary N) is 2. The van der Waals surface area contributed by atoms with Crippen molar-refractivity contribution in [3.63, 3.8) is 0 Å². The number of hydrogen-bond acceptors (Lipinski definition) is 3. The Bertz CT molecular complexity index is 849. The molecule has 1 fully saturated rings. The van der Waals surface area contributed by atoms with Gasteiger partial charge in [-0.2, -0.15) is 0 Å². The molecule has 2 aromatic carbocycles. The van der Waals surface area contributed by atoms with E-state index in [0.29, 0.717) is 27.0 Å². The van der Waals surface area contributed by atoms with Crippen molar-refractivity contribution in [2.45, 2.75) is 19.8 Å². The molecule has 0 saturated carbocycles. The number of anilines is 3. The summed E-state index contributed by atoms with van der Waals surface area (Å²) in [6.07, 6.45) is 2.35. The summed E-state index contributed by atoms with van der Waals surface area (Å²) in [5.41, 5.74) is 2.38. The lowest BCUT2D eigenvalue weighted by atomic mass is 10.1. The molecule has 0 radical (unpaired) electrons. The van der Waals surface area contributed by atoms with E-state index in [1.165, 1.54) is 19.8 Å². The van der Waals surface area contributed by atoms with Gasteiger partial charge in [0.25, 0.3) is 5.91 Å². The van der Waals surface area contributed by atoms with Gasteiger partial charge in [-0.1, -0.05) is 23.2 Å². The fourth-order valence-corrected chi connectivity index (χ4v) is 3.37. The van der Waals surface area contributed by atoms with Gasteiger partial charge in [-0.3, -0.25) is 9.59 Å². The molecule has 2 aromatic rings. The van der Waals surface area contributed by atoms with E-state index in [0.717, 1.165) is 18.8 Å². The molecule has 0 aromatic heterocycles. The fourth-order valence-electron chi connectivity index (χ4n) is 2.95. The molecule has 0 atom stereocenters. The van der Waals surface area contributed by atoms with Crippen molar-refractivity contribution in [2.24, 2.45) is 0 Å². The largest absolute Gasteiger partial charge is 0.371 e. The number of carbonyl (C=O) groups excluding carboxylic acids is 2. The molecule has 3 rings (SSSR count). The lowest BCUT2D eigenvalue weighted by Gasteiger charge is -2.18. The van der Waals surface area contributed by atoms with Crippen molar-refractivity contribution < 1.29 is 9.59 Å². The first-order valence-corrected chi connectivity index (χ1v) is 9.12.